The van der Waals surface area contributed by atoms with Gasteiger partial charge in [-0.15, -0.1) is 0 Å². The topological polar surface area (TPSA) is 91.7 Å². The molecule has 0 spiro atoms. The summed E-state index contributed by atoms with van der Waals surface area (Å²) in [5.41, 5.74) is 0. The molecule has 0 aromatic heterocycles. The summed E-state index contributed by atoms with van der Waals surface area (Å²) in [5.74, 6) is 0.621. The van der Waals surface area contributed by atoms with Gasteiger partial charge in [0.05, 0.1) is 11.7 Å². The van der Waals surface area contributed by atoms with Crippen LogP contribution >= 0.6 is 0 Å². The molecule has 2 fully saturated rings. The molecule has 0 heterocycles. The summed E-state index contributed by atoms with van der Waals surface area (Å²) in [4.78, 5) is 10.4. The molecule has 5 nitrogen and oxygen atoms in total. The molecule has 0 radical (unpaired) electrons. The molecule has 15 heavy (non-hydrogen) atoms. The third-order valence-electron chi connectivity index (χ3n) is 3.02. The van der Waals surface area contributed by atoms with Crippen LogP contribution in [-0.2, 0) is 14.9 Å². The molecule has 2 N–H and O–H groups in total. The lowest BCUT2D eigenvalue weighted by Crippen LogP contribution is -2.12. The Balaban J connectivity index is 0.000000167. The minimum Gasteiger partial charge on any atom is -0.481 e. The van der Waals surface area contributed by atoms with E-state index in [4.69, 9.17) is 9.66 Å². The van der Waals surface area contributed by atoms with Gasteiger partial charge in [-0.3, -0.25) is 9.35 Å². The van der Waals surface area contributed by atoms with Crippen molar-refractivity contribution in [1.82, 2.24) is 0 Å². The van der Waals surface area contributed by atoms with Gasteiger partial charge in [0.1, 0.15) is 0 Å². The Morgan fingerprint density at radius 1 is 1.40 bits per heavy atom. The molecule has 0 aliphatic heterocycles. The van der Waals surface area contributed by atoms with Gasteiger partial charge in [0.25, 0.3) is 10.1 Å². The maximum Gasteiger partial charge on any atom is 0.306 e. The average Bonchev–Trinajstić information content (AvgIpc) is 2.77. The summed E-state index contributed by atoms with van der Waals surface area (Å²) in [6, 6.07) is 0. The highest BCUT2D eigenvalue weighted by Crippen LogP contribution is 2.55. The quantitative estimate of drug-likeness (QED) is 0.698. The second-order valence-electron chi connectivity index (χ2n) is 4.05. The van der Waals surface area contributed by atoms with E-state index in [1.54, 1.807) is 0 Å². The molecular formula is C9H16O5S. The summed E-state index contributed by atoms with van der Waals surface area (Å²) in [7, 11) is -3.66. The van der Waals surface area contributed by atoms with Crippen LogP contribution in [-0.4, -0.2) is 29.8 Å². The highest BCUT2D eigenvalue weighted by molar-refractivity contribution is 7.85. The largest absolute Gasteiger partial charge is 0.481 e. The standard InChI is InChI=1S/C7H10O2.C2H6O3S/c8-7(9)5-2-1-4-3-6(4)5;1-2-6(3,4)5/h4-6H,1-3H2,(H,8,9);2H2,1H3,(H,3,4,5). The predicted octanol–water partition coefficient (Wildman–Crippen LogP) is 1.01. The number of aliphatic carboxylic acids is 1. The fraction of sp³-hybridized carbons (Fsp3) is 0.889. The number of hydrogen-bond donors (Lipinski definition) is 2. The molecule has 2 saturated carbocycles. The number of hydrogen-bond acceptors (Lipinski definition) is 3. The van der Waals surface area contributed by atoms with Crippen molar-refractivity contribution in [2.24, 2.45) is 17.8 Å². The Kier molecular flexibility index (Phi) is 3.72. The Bertz CT molecular complexity index is 334. The van der Waals surface area contributed by atoms with E-state index in [1.165, 1.54) is 19.8 Å². The van der Waals surface area contributed by atoms with Crippen LogP contribution in [0, 0.1) is 17.8 Å². The van der Waals surface area contributed by atoms with E-state index in [0.29, 0.717) is 5.92 Å². The van der Waals surface area contributed by atoms with Crippen molar-refractivity contribution in [3.8, 4) is 0 Å². The van der Waals surface area contributed by atoms with Gasteiger partial charge in [0.15, 0.2) is 0 Å². The molecule has 2 aliphatic rings. The van der Waals surface area contributed by atoms with E-state index in [9.17, 15) is 13.2 Å². The van der Waals surface area contributed by atoms with Gasteiger partial charge in [0, 0.05) is 0 Å². The van der Waals surface area contributed by atoms with E-state index >= 15 is 0 Å². The first-order valence-corrected chi connectivity index (χ1v) is 6.64. The minimum atomic E-state index is -3.66. The minimum absolute atomic E-state index is 0.0231. The van der Waals surface area contributed by atoms with Gasteiger partial charge in [-0.2, -0.15) is 8.42 Å². The molecule has 6 heteroatoms. The van der Waals surface area contributed by atoms with Gasteiger partial charge in [0.2, 0.25) is 0 Å². The third-order valence-corrected chi connectivity index (χ3v) is 3.75. The van der Waals surface area contributed by atoms with Crippen LogP contribution in [0.15, 0.2) is 0 Å². The van der Waals surface area contributed by atoms with Crippen LogP contribution in [0.25, 0.3) is 0 Å². The second kappa shape index (κ2) is 4.49. The molecule has 0 aromatic carbocycles. The highest BCUT2D eigenvalue weighted by Gasteiger charge is 2.50. The summed E-state index contributed by atoms with van der Waals surface area (Å²) < 4.78 is 26.9. The summed E-state index contributed by atoms with van der Waals surface area (Å²) >= 11 is 0. The number of carbonyl (C=O) groups is 1. The van der Waals surface area contributed by atoms with Crippen molar-refractivity contribution in [2.75, 3.05) is 5.75 Å². The molecule has 0 aromatic rings. The van der Waals surface area contributed by atoms with Crippen molar-refractivity contribution >= 4 is 16.1 Å². The monoisotopic (exact) mass is 236 g/mol. The molecule has 0 amide bonds. The maximum atomic E-state index is 10.4. The summed E-state index contributed by atoms with van der Waals surface area (Å²) in [6.45, 7) is 1.37. The summed E-state index contributed by atoms with van der Waals surface area (Å²) in [5, 5.41) is 8.61. The first-order chi connectivity index (χ1) is 6.85. The molecule has 88 valence electrons. The van der Waals surface area contributed by atoms with E-state index < -0.39 is 16.1 Å². The first-order valence-electron chi connectivity index (χ1n) is 5.03. The van der Waals surface area contributed by atoms with Crippen molar-refractivity contribution in [3.63, 3.8) is 0 Å². The Morgan fingerprint density at radius 2 is 1.93 bits per heavy atom. The zero-order valence-electron chi connectivity index (χ0n) is 8.59. The van der Waals surface area contributed by atoms with Gasteiger partial charge in [-0.25, -0.2) is 0 Å². The fourth-order valence-electron chi connectivity index (χ4n) is 2.01. The Morgan fingerprint density at radius 3 is 2.07 bits per heavy atom. The van der Waals surface area contributed by atoms with Crippen LogP contribution in [0.2, 0.25) is 0 Å². The average molecular weight is 236 g/mol. The highest BCUT2D eigenvalue weighted by atomic mass is 32.2. The van der Waals surface area contributed by atoms with Crippen LogP contribution in [0.1, 0.15) is 26.2 Å². The molecule has 2 aliphatic carbocycles. The second-order valence-corrected chi connectivity index (χ2v) is 5.79. The molecule has 3 unspecified atom stereocenters. The summed E-state index contributed by atoms with van der Waals surface area (Å²) in [6.07, 6.45) is 3.29. The zero-order valence-corrected chi connectivity index (χ0v) is 9.40. The number of fused-ring (bicyclic) bond motifs is 1. The van der Waals surface area contributed by atoms with Crippen LogP contribution in [0.5, 0.6) is 0 Å². The van der Waals surface area contributed by atoms with E-state index in [1.807, 2.05) is 0 Å². The lowest BCUT2D eigenvalue weighted by molar-refractivity contribution is -0.142. The van der Waals surface area contributed by atoms with E-state index in [0.717, 1.165) is 12.3 Å². The third kappa shape index (κ3) is 3.79. The fourth-order valence-corrected chi connectivity index (χ4v) is 2.01. The van der Waals surface area contributed by atoms with Crippen molar-refractivity contribution < 1.29 is 22.9 Å². The predicted molar refractivity (Wildman–Crippen MR) is 54.0 cm³/mol. The van der Waals surface area contributed by atoms with Crippen molar-refractivity contribution in [1.29, 1.82) is 0 Å². The normalized spacial score (nSPS) is 32.5. The maximum absolute atomic E-state index is 10.4. The molecular weight excluding hydrogens is 220 g/mol. The van der Waals surface area contributed by atoms with Crippen LogP contribution in [0.4, 0.5) is 0 Å². The zero-order chi connectivity index (χ0) is 11.6. The lowest BCUT2D eigenvalue weighted by Gasteiger charge is -2.02. The number of rotatable bonds is 2. The number of carboxylic acids is 1. The Hall–Kier alpha value is -0.620. The van der Waals surface area contributed by atoms with Gasteiger partial charge in [-0.05, 0) is 38.0 Å². The molecule has 0 saturated heterocycles. The smallest absolute Gasteiger partial charge is 0.306 e. The molecule has 2 rings (SSSR count). The molecule has 3 atom stereocenters. The van der Waals surface area contributed by atoms with Gasteiger partial charge >= 0.3 is 5.97 Å². The molecule has 0 bridgehead atoms. The van der Waals surface area contributed by atoms with Gasteiger partial charge in [-0.1, -0.05) is 0 Å². The number of carboxylic acid groups (broad SMARTS) is 1. The lowest BCUT2D eigenvalue weighted by atomic mass is 10.0. The van der Waals surface area contributed by atoms with Crippen molar-refractivity contribution in [2.45, 2.75) is 26.2 Å². The van der Waals surface area contributed by atoms with Crippen molar-refractivity contribution in [3.05, 3.63) is 0 Å². The SMILES string of the molecule is CCS(=O)(=O)O.O=C(O)C1CCC2CC21. The van der Waals surface area contributed by atoms with Crippen LogP contribution in [0.3, 0.4) is 0 Å². The van der Waals surface area contributed by atoms with Gasteiger partial charge < -0.3 is 5.11 Å². The van der Waals surface area contributed by atoms with Crippen LogP contribution < -0.4 is 0 Å². The van der Waals surface area contributed by atoms with E-state index in [2.05, 4.69) is 0 Å². The van der Waals surface area contributed by atoms with E-state index in [-0.39, 0.29) is 11.7 Å². The Labute approximate surface area is 89.2 Å². The first kappa shape index (κ1) is 12.4.